The van der Waals surface area contributed by atoms with E-state index in [9.17, 15) is 4.79 Å². The Morgan fingerprint density at radius 3 is 2.71 bits per heavy atom. The zero-order valence-electron chi connectivity index (χ0n) is 10.3. The van der Waals surface area contributed by atoms with Crippen LogP contribution in [0.1, 0.15) is 24.2 Å². The van der Waals surface area contributed by atoms with Crippen molar-refractivity contribution in [2.24, 2.45) is 0 Å². The van der Waals surface area contributed by atoms with E-state index in [0.717, 1.165) is 13.1 Å². The van der Waals surface area contributed by atoms with Gasteiger partial charge in [0, 0.05) is 31.0 Å². The molecule has 0 aromatic carbocycles. The van der Waals surface area contributed by atoms with Gasteiger partial charge in [0.15, 0.2) is 5.78 Å². The third-order valence-electron chi connectivity index (χ3n) is 3.28. The molecule has 4 nitrogen and oxygen atoms in total. The van der Waals surface area contributed by atoms with Crippen molar-refractivity contribution in [3.8, 4) is 0 Å². The Hall–Kier alpha value is -1.26. The number of carbonyl (C=O) groups is 1. The number of Topliss-reactive ketones (excluding diaryl/α,β-unsaturated/α-hetero) is 1. The van der Waals surface area contributed by atoms with Crippen molar-refractivity contribution in [2.45, 2.75) is 19.4 Å². The summed E-state index contributed by atoms with van der Waals surface area (Å²) in [7, 11) is 0. The number of hydrogen-bond donors (Lipinski definition) is 0. The van der Waals surface area contributed by atoms with Gasteiger partial charge < -0.3 is 4.74 Å². The van der Waals surface area contributed by atoms with Gasteiger partial charge in [0.05, 0.1) is 18.8 Å². The normalized spacial score (nSPS) is 18.0. The van der Waals surface area contributed by atoms with Crippen LogP contribution in [0.2, 0.25) is 0 Å². The van der Waals surface area contributed by atoms with E-state index < -0.39 is 5.54 Å². The van der Waals surface area contributed by atoms with Crippen molar-refractivity contribution in [1.82, 2.24) is 9.88 Å². The molecule has 0 unspecified atom stereocenters. The van der Waals surface area contributed by atoms with E-state index >= 15 is 0 Å². The number of hydrogen-bond acceptors (Lipinski definition) is 4. The van der Waals surface area contributed by atoms with E-state index in [1.54, 1.807) is 18.5 Å². The van der Waals surface area contributed by atoms with Gasteiger partial charge in [0.25, 0.3) is 0 Å². The minimum Gasteiger partial charge on any atom is -0.379 e. The van der Waals surface area contributed by atoms with Crippen LogP contribution in [0.5, 0.6) is 0 Å². The highest BCUT2D eigenvalue weighted by molar-refractivity contribution is 6.02. The molecule has 0 spiro atoms. The summed E-state index contributed by atoms with van der Waals surface area (Å²) in [5.41, 5.74) is 0.177. The lowest BCUT2D eigenvalue weighted by molar-refractivity contribution is -0.00431. The fraction of sp³-hybridized carbons (Fsp3) is 0.538. The second-order valence-corrected chi connectivity index (χ2v) is 4.73. The Morgan fingerprint density at radius 1 is 1.41 bits per heavy atom. The second-order valence-electron chi connectivity index (χ2n) is 4.73. The molecule has 1 saturated heterocycles. The van der Waals surface area contributed by atoms with Crippen molar-refractivity contribution >= 4 is 5.78 Å². The molecule has 92 valence electrons. The number of pyridine rings is 1. The number of aromatic nitrogens is 1. The van der Waals surface area contributed by atoms with Gasteiger partial charge >= 0.3 is 0 Å². The fourth-order valence-corrected chi connectivity index (χ4v) is 2.12. The zero-order valence-corrected chi connectivity index (χ0v) is 10.3. The van der Waals surface area contributed by atoms with Crippen molar-refractivity contribution in [3.05, 3.63) is 30.1 Å². The molecule has 0 aliphatic carbocycles. The van der Waals surface area contributed by atoms with Crippen LogP contribution in [-0.4, -0.2) is 47.5 Å². The van der Waals surface area contributed by atoms with Crippen LogP contribution in [0.4, 0.5) is 0 Å². The van der Waals surface area contributed by atoms with Crippen LogP contribution in [-0.2, 0) is 4.74 Å². The molecule has 1 fully saturated rings. The molecule has 0 saturated carbocycles. The summed E-state index contributed by atoms with van der Waals surface area (Å²) in [4.78, 5) is 18.6. The van der Waals surface area contributed by atoms with E-state index in [2.05, 4.69) is 9.88 Å². The Kier molecular flexibility index (Phi) is 3.54. The third kappa shape index (κ3) is 2.53. The maximum Gasteiger partial charge on any atom is 0.184 e. The molecule has 17 heavy (non-hydrogen) atoms. The Labute approximate surface area is 102 Å². The van der Waals surface area contributed by atoms with Gasteiger partial charge in [-0.05, 0) is 26.0 Å². The van der Waals surface area contributed by atoms with Gasteiger partial charge in [-0.15, -0.1) is 0 Å². The molecule has 1 aromatic heterocycles. The van der Waals surface area contributed by atoms with Crippen molar-refractivity contribution in [2.75, 3.05) is 26.3 Å². The van der Waals surface area contributed by atoms with Crippen molar-refractivity contribution in [1.29, 1.82) is 0 Å². The average molecular weight is 234 g/mol. The first-order chi connectivity index (χ1) is 8.12. The zero-order chi connectivity index (χ0) is 12.3. The lowest BCUT2D eigenvalue weighted by Gasteiger charge is -2.39. The fourth-order valence-electron chi connectivity index (χ4n) is 2.12. The number of carbonyl (C=O) groups excluding carboxylic acids is 1. The molecule has 0 amide bonds. The molecule has 0 atom stereocenters. The van der Waals surface area contributed by atoms with Gasteiger partial charge in [0.1, 0.15) is 0 Å². The molecule has 0 bridgehead atoms. The van der Waals surface area contributed by atoms with Crippen LogP contribution in [0.3, 0.4) is 0 Å². The van der Waals surface area contributed by atoms with E-state index in [1.165, 1.54) is 0 Å². The number of ketones is 1. The minimum atomic E-state index is -0.493. The van der Waals surface area contributed by atoms with Gasteiger partial charge in [-0.2, -0.15) is 0 Å². The van der Waals surface area contributed by atoms with Crippen molar-refractivity contribution in [3.63, 3.8) is 0 Å². The predicted octanol–water partition coefficient (Wildman–Crippen LogP) is 1.38. The SMILES string of the molecule is CC(C)(C(=O)c1cccnc1)N1CCOCC1. The molecule has 2 rings (SSSR count). The Morgan fingerprint density at radius 2 is 2.12 bits per heavy atom. The van der Waals surface area contributed by atoms with Gasteiger partial charge in [0.2, 0.25) is 0 Å². The molecule has 4 heteroatoms. The van der Waals surface area contributed by atoms with Crippen molar-refractivity contribution < 1.29 is 9.53 Å². The van der Waals surface area contributed by atoms with Crippen LogP contribution in [0.25, 0.3) is 0 Å². The average Bonchev–Trinajstić information content (AvgIpc) is 2.40. The largest absolute Gasteiger partial charge is 0.379 e. The summed E-state index contributed by atoms with van der Waals surface area (Å²) < 4.78 is 5.32. The van der Waals surface area contributed by atoms with Gasteiger partial charge in [-0.25, -0.2) is 0 Å². The predicted molar refractivity (Wildman–Crippen MR) is 65.0 cm³/mol. The first-order valence-electron chi connectivity index (χ1n) is 5.90. The summed E-state index contributed by atoms with van der Waals surface area (Å²) in [6.07, 6.45) is 3.31. The van der Waals surface area contributed by atoms with Crippen LogP contribution >= 0.6 is 0 Å². The van der Waals surface area contributed by atoms with E-state index in [4.69, 9.17) is 4.74 Å². The topological polar surface area (TPSA) is 42.4 Å². The third-order valence-corrected chi connectivity index (χ3v) is 3.28. The Balaban J connectivity index is 2.17. The highest BCUT2D eigenvalue weighted by Crippen LogP contribution is 2.21. The first-order valence-corrected chi connectivity index (χ1v) is 5.90. The number of rotatable bonds is 3. The lowest BCUT2D eigenvalue weighted by Crippen LogP contribution is -2.54. The molecule has 1 aromatic rings. The molecular formula is C13H18N2O2. The summed E-state index contributed by atoms with van der Waals surface area (Å²) in [6, 6.07) is 3.61. The van der Waals surface area contributed by atoms with Crippen LogP contribution in [0.15, 0.2) is 24.5 Å². The summed E-state index contributed by atoms with van der Waals surface area (Å²) in [6.45, 7) is 6.94. The van der Waals surface area contributed by atoms with E-state index in [0.29, 0.717) is 18.8 Å². The summed E-state index contributed by atoms with van der Waals surface area (Å²) in [5, 5.41) is 0. The van der Waals surface area contributed by atoms with E-state index in [-0.39, 0.29) is 5.78 Å². The summed E-state index contributed by atoms with van der Waals surface area (Å²) >= 11 is 0. The number of nitrogens with zero attached hydrogens (tertiary/aromatic N) is 2. The number of ether oxygens (including phenoxy) is 1. The van der Waals surface area contributed by atoms with E-state index in [1.807, 2.05) is 19.9 Å². The molecule has 2 heterocycles. The summed E-state index contributed by atoms with van der Waals surface area (Å²) in [5.74, 6) is 0.118. The van der Waals surface area contributed by atoms with Gasteiger partial charge in [-0.1, -0.05) is 0 Å². The standard InChI is InChI=1S/C13H18N2O2/c1-13(2,15-6-8-17-9-7-15)12(16)11-4-3-5-14-10-11/h3-5,10H,6-9H2,1-2H3. The quantitative estimate of drug-likeness (QED) is 0.741. The molecule has 0 N–H and O–H groups in total. The van der Waals surface area contributed by atoms with Crippen LogP contribution in [0, 0.1) is 0 Å². The smallest absolute Gasteiger partial charge is 0.184 e. The molecule has 0 radical (unpaired) electrons. The molecule has 1 aliphatic heterocycles. The monoisotopic (exact) mass is 234 g/mol. The minimum absolute atomic E-state index is 0.118. The maximum atomic E-state index is 12.4. The lowest BCUT2D eigenvalue weighted by atomic mass is 9.91. The highest BCUT2D eigenvalue weighted by atomic mass is 16.5. The maximum absolute atomic E-state index is 12.4. The Bertz CT molecular complexity index is 384. The molecular weight excluding hydrogens is 216 g/mol. The van der Waals surface area contributed by atoms with Crippen LogP contribution < -0.4 is 0 Å². The highest BCUT2D eigenvalue weighted by Gasteiger charge is 2.35. The first kappa shape index (κ1) is 12.2. The van der Waals surface area contributed by atoms with Gasteiger partial charge in [-0.3, -0.25) is 14.7 Å². The molecule has 1 aliphatic rings. The second kappa shape index (κ2) is 4.94. The number of morpholine rings is 1.